The van der Waals surface area contributed by atoms with Crippen molar-refractivity contribution in [3.8, 4) is 11.1 Å². The Kier molecular flexibility index (Phi) is 7.82. The minimum atomic E-state index is -4.68. The number of rotatable bonds is 4. The summed E-state index contributed by atoms with van der Waals surface area (Å²) in [6.45, 7) is 5.51. The summed E-state index contributed by atoms with van der Waals surface area (Å²) in [4.78, 5) is 55.5. The minimum absolute atomic E-state index is 0.0202. The van der Waals surface area contributed by atoms with Gasteiger partial charge in [-0.15, -0.1) is 0 Å². The van der Waals surface area contributed by atoms with Gasteiger partial charge in [0.1, 0.15) is 35.6 Å². The van der Waals surface area contributed by atoms with Crippen LogP contribution in [0.2, 0.25) is 0 Å². The highest BCUT2D eigenvalue weighted by Gasteiger charge is 2.82. The molecule has 6 heterocycles. The van der Waals surface area contributed by atoms with E-state index < -0.39 is 34.8 Å². The minimum Gasteiger partial charge on any atom is -0.374 e. The molecule has 1 saturated carbocycles. The maximum Gasteiger partial charge on any atom is 0.433 e. The Bertz CT molecular complexity index is 2080. The number of benzene rings is 1. The van der Waals surface area contributed by atoms with Crippen LogP contribution >= 0.6 is 0 Å². The van der Waals surface area contributed by atoms with E-state index in [-0.39, 0.29) is 41.7 Å². The second kappa shape index (κ2) is 11.9. The van der Waals surface area contributed by atoms with Crippen LogP contribution in [0.5, 0.6) is 0 Å². The number of carbonyl (C=O) groups is 3. The molecular formula is C37H38F3N7O4. The van der Waals surface area contributed by atoms with Gasteiger partial charge in [-0.05, 0) is 74.9 Å². The highest BCUT2D eigenvalue weighted by atomic mass is 19.4. The van der Waals surface area contributed by atoms with E-state index >= 15 is 0 Å². The van der Waals surface area contributed by atoms with Gasteiger partial charge >= 0.3 is 6.18 Å². The number of aromatic nitrogens is 5. The zero-order chi connectivity index (χ0) is 35.9. The molecule has 1 aliphatic carbocycles. The van der Waals surface area contributed by atoms with Crippen molar-refractivity contribution in [2.75, 3.05) is 11.9 Å². The van der Waals surface area contributed by atoms with Crippen molar-refractivity contribution in [2.45, 2.75) is 96.1 Å². The molecule has 11 nitrogen and oxygen atoms in total. The molecule has 14 heteroatoms. The molecule has 2 saturated heterocycles. The Morgan fingerprint density at radius 1 is 1.06 bits per heavy atom. The van der Waals surface area contributed by atoms with Crippen molar-refractivity contribution in [1.82, 2.24) is 29.6 Å². The zero-order valence-electron chi connectivity index (χ0n) is 28.6. The van der Waals surface area contributed by atoms with Crippen molar-refractivity contribution >= 4 is 34.3 Å². The number of nitrogens with one attached hydrogen (secondary N) is 1. The van der Waals surface area contributed by atoms with Crippen LogP contribution in [0.15, 0.2) is 42.7 Å². The summed E-state index contributed by atoms with van der Waals surface area (Å²) >= 11 is 0. The maximum atomic E-state index is 14.6. The molecule has 51 heavy (non-hydrogen) atoms. The van der Waals surface area contributed by atoms with E-state index in [4.69, 9.17) is 9.84 Å². The molecule has 4 aliphatic rings. The second-order valence-electron chi connectivity index (χ2n) is 14.7. The number of ether oxygens (including phenoxy) is 1. The average Bonchev–Trinajstić information content (AvgIpc) is 3.30. The lowest BCUT2D eigenvalue weighted by Crippen LogP contribution is -2.49. The lowest BCUT2D eigenvalue weighted by molar-refractivity contribution is -0.141. The SMILES string of the molecule is CC(=O)c1nn2c3c(cc(-c4cnc(C)nc4)cc13)CCCCCCC1(C)OC[C@@]34C[C@@H](C(=O)Nc5cccc(C(F)(F)F)n5)N(C(=O)C2)[C@@H]3C14. The number of Topliss-reactive ketones (excluding diaryl/α,β-unsaturated/α-hetero) is 1. The highest BCUT2D eigenvalue weighted by Crippen LogP contribution is 2.73. The number of alkyl halides is 3. The van der Waals surface area contributed by atoms with Crippen LogP contribution in [-0.4, -0.2) is 71.5 Å². The molecule has 2 amide bonds. The fourth-order valence-corrected chi connectivity index (χ4v) is 9.05. The first-order valence-electron chi connectivity index (χ1n) is 17.4. The van der Waals surface area contributed by atoms with Crippen LogP contribution in [-0.2, 0) is 33.5 Å². The monoisotopic (exact) mass is 701 g/mol. The van der Waals surface area contributed by atoms with Crippen LogP contribution in [0.25, 0.3) is 22.0 Å². The maximum absolute atomic E-state index is 14.6. The van der Waals surface area contributed by atoms with Crippen molar-refractivity contribution in [1.29, 1.82) is 0 Å². The predicted molar refractivity (Wildman–Crippen MR) is 179 cm³/mol. The lowest BCUT2D eigenvalue weighted by atomic mass is 9.87. The molecule has 1 N–H and O–H groups in total. The number of ketones is 1. The number of anilines is 1. The third kappa shape index (κ3) is 5.58. The van der Waals surface area contributed by atoms with Crippen LogP contribution in [0.3, 0.4) is 0 Å². The van der Waals surface area contributed by atoms with Crippen molar-refractivity contribution < 1.29 is 32.3 Å². The fourth-order valence-electron chi connectivity index (χ4n) is 9.05. The molecule has 2 unspecified atom stereocenters. The van der Waals surface area contributed by atoms with Crippen molar-refractivity contribution in [2.24, 2.45) is 11.3 Å². The Hall–Kier alpha value is -4.72. The quantitative estimate of drug-likeness (QED) is 0.259. The molecule has 5 atom stereocenters. The van der Waals surface area contributed by atoms with Crippen LogP contribution in [0.1, 0.15) is 79.9 Å². The van der Waals surface area contributed by atoms with E-state index in [1.165, 1.54) is 19.1 Å². The van der Waals surface area contributed by atoms with Crippen LogP contribution < -0.4 is 5.32 Å². The van der Waals surface area contributed by atoms with Gasteiger partial charge in [0.05, 0.1) is 17.7 Å². The van der Waals surface area contributed by atoms with E-state index in [1.807, 2.05) is 13.0 Å². The summed E-state index contributed by atoms with van der Waals surface area (Å²) in [6.07, 6.45) is 4.45. The van der Waals surface area contributed by atoms with E-state index in [9.17, 15) is 27.6 Å². The first-order valence-corrected chi connectivity index (χ1v) is 17.4. The number of piperidine rings is 1. The van der Waals surface area contributed by atoms with Gasteiger partial charge in [0, 0.05) is 47.6 Å². The normalized spacial score (nSPS) is 27.5. The summed E-state index contributed by atoms with van der Waals surface area (Å²) in [5.41, 5.74) is 1.47. The number of carbonyl (C=O) groups excluding carboxylic acids is 3. The Balaban J connectivity index is 1.19. The Labute approximate surface area is 292 Å². The molecule has 8 rings (SSSR count). The molecule has 0 radical (unpaired) electrons. The molecule has 3 fully saturated rings. The zero-order valence-corrected chi connectivity index (χ0v) is 28.6. The smallest absolute Gasteiger partial charge is 0.374 e. The third-order valence-electron chi connectivity index (χ3n) is 11.4. The number of hydrogen-bond donors (Lipinski definition) is 1. The van der Waals surface area contributed by atoms with E-state index in [2.05, 4.69) is 33.3 Å². The fraction of sp³-hybridized carbons (Fsp3) is 0.486. The van der Waals surface area contributed by atoms with Gasteiger partial charge in [0.15, 0.2) is 5.78 Å². The van der Waals surface area contributed by atoms with Gasteiger partial charge in [-0.3, -0.25) is 19.1 Å². The lowest BCUT2D eigenvalue weighted by Gasteiger charge is -2.33. The van der Waals surface area contributed by atoms with Crippen molar-refractivity contribution in [3.63, 3.8) is 0 Å². The van der Waals surface area contributed by atoms with Gasteiger partial charge < -0.3 is 15.0 Å². The van der Waals surface area contributed by atoms with Gasteiger partial charge in [0.2, 0.25) is 11.8 Å². The third-order valence-corrected chi connectivity index (χ3v) is 11.4. The molecular weight excluding hydrogens is 663 g/mol. The number of pyridine rings is 1. The van der Waals surface area contributed by atoms with Crippen LogP contribution in [0, 0.1) is 18.3 Å². The molecule has 266 valence electrons. The highest BCUT2D eigenvalue weighted by molar-refractivity contribution is 6.07. The van der Waals surface area contributed by atoms with E-state index in [1.54, 1.807) is 22.0 Å². The Morgan fingerprint density at radius 3 is 2.57 bits per heavy atom. The molecule has 1 aromatic carbocycles. The second-order valence-corrected chi connectivity index (χ2v) is 14.7. The van der Waals surface area contributed by atoms with Gasteiger partial charge in [-0.1, -0.05) is 25.3 Å². The summed E-state index contributed by atoms with van der Waals surface area (Å²) in [5, 5.41) is 7.89. The number of hydrogen-bond acceptors (Lipinski definition) is 8. The molecule has 4 aromatic rings. The number of aryl methyl sites for hydroxylation is 2. The standard InChI is InChI=1S/C37H38F3N7O4/c1-20(48)30-25-14-23(24-16-41-21(2)42-17-24)13-22-9-6-4-5-7-12-35(3)32-33-36(32,19-51-35)15-26(47(33)29(49)18-46(45-30)31(22)25)34(50)44-28-11-8-10-27(43-28)37(38,39)40/h8,10-11,13-14,16-17,26,32-33H,4-7,9,12,15,18-19H2,1-3H3,(H,43,44,50)/t26-,32?,33+,35?,36+/m0/s1. The van der Waals surface area contributed by atoms with E-state index in [0.29, 0.717) is 36.2 Å². The Morgan fingerprint density at radius 2 is 1.82 bits per heavy atom. The summed E-state index contributed by atoms with van der Waals surface area (Å²) in [6, 6.07) is 6.02. The topological polar surface area (TPSA) is 132 Å². The van der Waals surface area contributed by atoms with Crippen molar-refractivity contribution in [3.05, 3.63) is 65.5 Å². The number of nitrogens with zero attached hydrogens (tertiary/aromatic N) is 6. The average molecular weight is 702 g/mol. The van der Waals surface area contributed by atoms with Gasteiger partial charge in [0.25, 0.3) is 0 Å². The first kappa shape index (κ1) is 33.4. The van der Waals surface area contributed by atoms with Gasteiger partial charge in [-0.25, -0.2) is 15.0 Å². The largest absolute Gasteiger partial charge is 0.433 e. The van der Waals surface area contributed by atoms with E-state index in [0.717, 1.165) is 54.9 Å². The molecule has 3 aromatic heterocycles. The molecule has 0 bridgehead atoms. The first-order chi connectivity index (χ1) is 24.3. The predicted octanol–water partition coefficient (Wildman–Crippen LogP) is 5.94. The molecule has 1 spiro atoms. The molecule has 3 aliphatic heterocycles. The number of amides is 2. The summed E-state index contributed by atoms with van der Waals surface area (Å²) in [5.74, 6) is -0.803. The summed E-state index contributed by atoms with van der Waals surface area (Å²) < 4.78 is 48.3. The number of halogens is 3. The summed E-state index contributed by atoms with van der Waals surface area (Å²) in [7, 11) is 0. The van der Waals surface area contributed by atoms with Crippen LogP contribution in [0.4, 0.5) is 19.0 Å². The van der Waals surface area contributed by atoms with Gasteiger partial charge in [-0.2, -0.15) is 18.3 Å².